The van der Waals surface area contributed by atoms with Crippen LogP contribution in [0.1, 0.15) is 32.6 Å². The van der Waals surface area contributed by atoms with Crippen LogP contribution in [0.5, 0.6) is 0 Å². The molecule has 2 atom stereocenters. The number of nitrogens with one attached hydrogen (secondary N) is 1. The second-order valence-corrected chi connectivity index (χ2v) is 7.46. The molecule has 3 N–H and O–H groups in total. The Morgan fingerprint density at radius 3 is 2.89 bits per heavy atom. The maximum Gasteiger partial charge on any atom is 0.260 e. The van der Waals surface area contributed by atoms with Gasteiger partial charge in [-0.2, -0.15) is 4.31 Å². The van der Waals surface area contributed by atoms with Crippen LogP contribution in [0.3, 0.4) is 0 Å². The van der Waals surface area contributed by atoms with Crippen molar-refractivity contribution in [2.45, 2.75) is 43.2 Å². The molecule has 0 spiro atoms. The Labute approximate surface area is 114 Å². The summed E-state index contributed by atoms with van der Waals surface area (Å²) in [6.45, 7) is 2.50. The van der Waals surface area contributed by atoms with Gasteiger partial charge in [0.2, 0.25) is 0 Å². The Morgan fingerprint density at radius 2 is 2.37 bits per heavy atom. The number of imidazole rings is 1. The highest BCUT2D eigenvalue weighted by molar-refractivity contribution is 7.89. The van der Waals surface area contributed by atoms with E-state index in [0.717, 1.165) is 25.7 Å². The first-order valence-corrected chi connectivity index (χ1v) is 8.04. The summed E-state index contributed by atoms with van der Waals surface area (Å²) in [7, 11) is -1.93. The van der Waals surface area contributed by atoms with Gasteiger partial charge in [-0.1, -0.05) is 19.8 Å². The Hall–Kier alpha value is -0.920. The molecular weight excluding hydrogens is 264 g/mol. The summed E-state index contributed by atoms with van der Waals surface area (Å²) in [5.41, 5.74) is 5.45. The molecule has 2 unspecified atom stereocenters. The van der Waals surface area contributed by atoms with Crippen molar-refractivity contribution in [3.8, 4) is 0 Å². The third kappa shape index (κ3) is 2.54. The Balaban J connectivity index is 2.33. The molecule has 0 aliphatic heterocycles. The number of H-pyrrole nitrogens is 1. The molecule has 0 radical (unpaired) electrons. The molecule has 6 nitrogen and oxygen atoms in total. The van der Waals surface area contributed by atoms with Crippen LogP contribution >= 0.6 is 0 Å². The number of sulfonamides is 1. The lowest BCUT2D eigenvalue weighted by Gasteiger charge is -2.44. The van der Waals surface area contributed by atoms with Gasteiger partial charge < -0.3 is 10.7 Å². The largest absolute Gasteiger partial charge is 0.335 e. The van der Waals surface area contributed by atoms with Gasteiger partial charge in [0.05, 0.1) is 12.5 Å². The van der Waals surface area contributed by atoms with Crippen molar-refractivity contribution < 1.29 is 8.42 Å². The van der Waals surface area contributed by atoms with Crippen molar-refractivity contribution >= 4 is 10.0 Å². The highest BCUT2D eigenvalue weighted by Gasteiger charge is 2.43. The second kappa shape index (κ2) is 5.22. The van der Waals surface area contributed by atoms with Gasteiger partial charge in [0.15, 0.2) is 5.03 Å². The lowest BCUT2D eigenvalue weighted by Crippen LogP contribution is -2.56. The van der Waals surface area contributed by atoms with Gasteiger partial charge in [-0.25, -0.2) is 13.4 Å². The summed E-state index contributed by atoms with van der Waals surface area (Å²) in [6.07, 6.45) is 6.49. The molecule has 7 heteroatoms. The van der Waals surface area contributed by atoms with Crippen molar-refractivity contribution in [2.24, 2.45) is 11.7 Å². The normalized spacial score (nSPS) is 28.7. The van der Waals surface area contributed by atoms with Crippen molar-refractivity contribution in [1.29, 1.82) is 0 Å². The van der Waals surface area contributed by atoms with E-state index >= 15 is 0 Å². The number of likely N-dealkylation sites (N-methyl/N-ethyl adjacent to an activating group) is 1. The Bertz CT molecular complexity index is 514. The highest BCUT2D eigenvalue weighted by atomic mass is 32.2. The molecule has 1 heterocycles. The molecule has 0 amide bonds. The summed E-state index contributed by atoms with van der Waals surface area (Å²) in [4.78, 5) is 6.46. The van der Waals surface area contributed by atoms with Crippen molar-refractivity contribution in [2.75, 3.05) is 13.6 Å². The van der Waals surface area contributed by atoms with E-state index in [-0.39, 0.29) is 5.03 Å². The van der Waals surface area contributed by atoms with Gasteiger partial charge in [0, 0.05) is 19.1 Å². The van der Waals surface area contributed by atoms with E-state index in [2.05, 4.69) is 16.9 Å². The van der Waals surface area contributed by atoms with Crippen LogP contribution in [-0.2, 0) is 10.0 Å². The predicted octanol–water partition coefficient (Wildman–Crippen LogP) is 0.938. The van der Waals surface area contributed by atoms with Crippen LogP contribution in [0.25, 0.3) is 0 Å². The molecule has 1 aliphatic rings. The fourth-order valence-electron chi connectivity index (χ4n) is 3.02. The lowest BCUT2D eigenvalue weighted by molar-refractivity contribution is 0.127. The minimum Gasteiger partial charge on any atom is -0.335 e. The quantitative estimate of drug-likeness (QED) is 0.861. The van der Waals surface area contributed by atoms with Crippen LogP contribution in [-0.4, -0.2) is 41.8 Å². The molecule has 108 valence electrons. The summed E-state index contributed by atoms with van der Waals surface area (Å²) in [6, 6.07) is 0. The van der Waals surface area contributed by atoms with E-state index in [9.17, 15) is 8.42 Å². The number of hydrogen-bond donors (Lipinski definition) is 2. The number of rotatable bonds is 4. The monoisotopic (exact) mass is 286 g/mol. The molecule has 1 aromatic heterocycles. The highest BCUT2D eigenvalue weighted by Crippen LogP contribution is 2.37. The molecule has 1 saturated carbocycles. The molecule has 2 rings (SSSR count). The smallest absolute Gasteiger partial charge is 0.260 e. The number of nitrogens with zero attached hydrogens (tertiary/aromatic N) is 2. The lowest BCUT2D eigenvalue weighted by atomic mass is 9.76. The van der Waals surface area contributed by atoms with Crippen molar-refractivity contribution in [3.63, 3.8) is 0 Å². The first kappa shape index (κ1) is 14.5. The summed E-state index contributed by atoms with van der Waals surface area (Å²) in [5.74, 6) is 0.497. The minimum atomic E-state index is -3.55. The van der Waals surface area contributed by atoms with E-state index in [4.69, 9.17) is 5.73 Å². The maximum atomic E-state index is 12.6. The molecule has 1 fully saturated rings. The summed E-state index contributed by atoms with van der Waals surface area (Å²) < 4.78 is 26.6. The zero-order valence-corrected chi connectivity index (χ0v) is 12.3. The first-order chi connectivity index (χ1) is 8.92. The van der Waals surface area contributed by atoms with Crippen LogP contribution in [0.4, 0.5) is 0 Å². The van der Waals surface area contributed by atoms with Gasteiger partial charge >= 0.3 is 0 Å². The van der Waals surface area contributed by atoms with Crippen LogP contribution in [0.2, 0.25) is 0 Å². The van der Waals surface area contributed by atoms with Crippen LogP contribution in [0, 0.1) is 5.92 Å². The zero-order valence-electron chi connectivity index (χ0n) is 11.5. The molecular formula is C12H22N4O2S. The summed E-state index contributed by atoms with van der Waals surface area (Å²) in [5, 5.41) is 0.126. The third-order valence-corrected chi connectivity index (χ3v) is 6.11. The maximum absolute atomic E-state index is 12.6. The van der Waals surface area contributed by atoms with E-state index in [1.807, 2.05) is 0 Å². The topological polar surface area (TPSA) is 92.1 Å². The number of nitrogens with two attached hydrogens (primary N) is 1. The fourth-order valence-corrected chi connectivity index (χ4v) is 4.46. The molecule has 1 aliphatic carbocycles. The van der Waals surface area contributed by atoms with Crippen LogP contribution in [0.15, 0.2) is 17.6 Å². The molecule has 0 aromatic carbocycles. The summed E-state index contributed by atoms with van der Waals surface area (Å²) >= 11 is 0. The average Bonchev–Trinajstić information content (AvgIpc) is 2.92. The van der Waals surface area contributed by atoms with Gasteiger partial charge in [0.25, 0.3) is 10.0 Å². The number of hydrogen-bond acceptors (Lipinski definition) is 4. The molecule has 0 bridgehead atoms. The Morgan fingerprint density at radius 1 is 1.63 bits per heavy atom. The zero-order chi connectivity index (χ0) is 14.1. The Kier molecular flexibility index (Phi) is 3.98. The van der Waals surface area contributed by atoms with Gasteiger partial charge in [-0.3, -0.25) is 0 Å². The van der Waals surface area contributed by atoms with Gasteiger partial charge in [-0.05, 0) is 18.8 Å². The van der Waals surface area contributed by atoms with E-state index in [1.165, 1.54) is 16.8 Å². The van der Waals surface area contributed by atoms with Gasteiger partial charge in [-0.15, -0.1) is 0 Å². The standard InChI is InChI=1S/C12H22N4O2S/c1-10-4-3-5-12(6-10,8-13)16(2)19(17,18)11-7-14-9-15-11/h7,9-10H,3-6,8,13H2,1-2H3,(H,14,15). The minimum absolute atomic E-state index is 0.126. The van der Waals surface area contributed by atoms with Gasteiger partial charge in [0.1, 0.15) is 0 Å². The molecule has 0 saturated heterocycles. The SMILES string of the molecule is CC1CCCC(CN)(N(C)S(=O)(=O)c2cnc[nH]2)C1. The van der Waals surface area contributed by atoms with Crippen molar-refractivity contribution in [3.05, 3.63) is 12.5 Å². The van der Waals surface area contributed by atoms with Crippen LogP contribution < -0.4 is 5.73 Å². The molecule has 19 heavy (non-hydrogen) atoms. The van der Waals surface area contributed by atoms with E-state index < -0.39 is 15.6 Å². The van der Waals surface area contributed by atoms with E-state index in [0.29, 0.717) is 12.5 Å². The first-order valence-electron chi connectivity index (χ1n) is 6.60. The predicted molar refractivity (Wildman–Crippen MR) is 73.0 cm³/mol. The molecule has 1 aromatic rings. The van der Waals surface area contributed by atoms with E-state index in [1.54, 1.807) is 7.05 Å². The fraction of sp³-hybridized carbons (Fsp3) is 0.750. The second-order valence-electron chi connectivity index (χ2n) is 5.52. The third-order valence-electron chi connectivity index (χ3n) is 4.23. The average molecular weight is 286 g/mol. The number of aromatic nitrogens is 2. The number of aromatic amines is 1. The van der Waals surface area contributed by atoms with Crippen molar-refractivity contribution in [1.82, 2.24) is 14.3 Å².